The lowest BCUT2D eigenvalue weighted by atomic mass is 10.2. The third-order valence-corrected chi connectivity index (χ3v) is 4.46. The molecule has 0 spiro atoms. The summed E-state index contributed by atoms with van der Waals surface area (Å²) in [5.41, 5.74) is 1.86. The molecule has 1 amide bonds. The van der Waals surface area contributed by atoms with Crippen molar-refractivity contribution in [3.05, 3.63) is 66.1 Å². The summed E-state index contributed by atoms with van der Waals surface area (Å²) in [7, 11) is 0. The fourth-order valence-electron chi connectivity index (χ4n) is 2.85. The van der Waals surface area contributed by atoms with Gasteiger partial charge in [0.15, 0.2) is 6.10 Å². The van der Waals surface area contributed by atoms with Crippen LogP contribution in [-0.2, 0) is 11.3 Å². The number of aryl methyl sites for hydroxylation is 1. The maximum Gasteiger partial charge on any atom is 0.264 e. The fourth-order valence-corrected chi connectivity index (χ4v) is 2.85. The van der Waals surface area contributed by atoms with E-state index >= 15 is 0 Å². The summed E-state index contributed by atoms with van der Waals surface area (Å²) in [6.45, 7) is 7.85. The highest BCUT2D eigenvalue weighted by atomic mass is 16.5. The van der Waals surface area contributed by atoms with Crippen LogP contribution in [0.5, 0.6) is 5.75 Å². The van der Waals surface area contributed by atoms with Crippen LogP contribution in [0.3, 0.4) is 0 Å². The van der Waals surface area contributed by atoms with Gasteiger partial charge in [-0.1, -0.05) is 53.7 Å². The molecule has 6 heteroatoms. The Morgan fingerprint density at radius 3 is 2.43 bits per heavy atom. The maximum absolute atomic E-state index is 13.0. The van der Waals surface area contributed by atoms with Gasteiger partial charge in [-0.05, 0) is 39.3 Å². The molecule has 1 heterocycles. The fraction of sp³-hybridized carbons (Fsp3) is 0.318. The zero-order chi connectivity index (χ0) is 20.1. The number of para-hydroxylation sites is 1. The summed E-state index contributed by atoms with van der Waals surface area (Å²) < 4.78 is 11.3. The van der Waals surface area contributed by atoms with E-state index in [1.54, 1.807) is 11.8 Å². The van der Waals surface area contributed by atoms with Gasteiger partial charge >= 0.3 is 0 Å². The van der Waals surface area contributed by atoms with Crippen molar-refractivity contribution >= 4 is 5.91 Å². The van der Waals surface area contributed by atoms with Crippen molar-refractivity contribution in [3.8, 4) is 17.1 Å². The molecule has 0 saturated heterocycles. The molecule has 0 aliphatic carbocycles. The molecule has 1 aromatic heterocycles. The monoisotopic (exact) mass is 379 g/mol. The number of benzene rings is 2. The zero-order valence-electron chi connectivity index (χ0n) is 16.6. The van der Waals surface area contributed by atoms with E-state index in [-0.39, 0.29) is 18.5 Å². The van der Waals surface area contributed by atoms with Crippen molar-refractivity contribution in [3.63, 3.8) is 0 Å². The van der Waals surface area contributed by atoms with Gasteiger partial charge < -0.3 is 14.2 Å². The van der Waals surface area contributed by atoms with Crippen LogP contribution < -0.4 is 4.74 Å². The first-order chi connectivity index (χ1) is 13.5. The standard InChI is InChI=1S/C22H25N3O3/c1-15(2)25(22(26)17(4)27-19-13-9-8-10-16(19)3)14-20-23-21(24-28-20)18-11-6-5-7-12-18/h5-13,15,17H,14H2,1-4H3/t17-/m1/s1. The highest BCUT2D eigenvalue weighted by Gasteiger charge is 2.26. The molecule has 0 unspecified atom stereocenters. The molecule has 3 aromatic rings. The molecule has 0 radical (unpaired) electrons. The minimum Gasteiger partial charge on any atom is -0.481 e. The summed E-state index contributed by atoms with van der Waals surface area (Å²) in [5.74, 6) is 1.48. The van der Waals surface area contributed by atoms with Crippen LogP contribution in [-0.4, -0.2) is 33.1 Å². The molecule has 0 aliphatic heterocycles. The molecule has 0 N–H and O–H groups in total. The van der Waals surface area contributed by atoms with E-state index in [0.29, 0.717) is 17.5 Å². The first kappa shape index (κ1) is 19.6. The summed E-state index contributed by atoms with van der Waals surface area (Å²) in [6, 6.07) is 17.2. The molecule has 6 nitrogen and oxygen atoms in total. The van der Waals surface area contributed by atoms with Crippen LogP contribution in [0.2, 0.25) is 0 Å². The first-order valence-corrected chi connectivity index (χ1v) is 9.36. The quantitative estimate of drug-likeness (QED) is 0.614. The number of ether oxygens (including phenoxy) is 1. The number of carbonyl (C=O) groups is 1. The Hall–Kier alpha value is -3.15. The van der Waals surface area contributed by atoms with Crippen LogP contribution >= 0.6 is 0 Å². The Bertz CT molecular complexity index is 922. The van der Waals surface area contributed by atoms with Crippen molar-refractivity contribution in [1.82, 2.24) is 15.0 Å². The van der Waals surface area contributed by atoms with Crippen molar-refractivity contribution in [2.45, 2.75) is 46.4 Å². The van der Waals surface area contributed by atoms with Crippen molar-refractivity contribution in [1.29, 1.82) is 0 Å². The number of hydrogen-bond acceptors (Lipinski definition) is 5. The van der Waals surface area contributed by atoms with Crippen molar-refractivity contribution in [2.24, 2.45) is 0 Å². The largest absolute Gasteiger partial charge is 0.481 e. The summed E-state index contributed by atoms with van der Waals surface area (Å²) in [5, 5.41) is 4.03. The molecule has 0 saturated carbocycles. The molecule has 2 aromatic carbocycles. The van der Waals surface area contributed by atoms with Gasteiger partial charge in [-0.3, -0.25) is 4.79 Å². The van der Waals surface area contributed by atoms with Gasteiger partial charge in [0.05, 0.1) is 0 Å². The second kappa shape index (κ2) is 8.69. The molecule has 1 atom stereocenters. The predicted molar refractivity (Wildman–Crippen MR) is 107 cm³/mol. The number of nitrogens with zero attached hydrogens (tertiary/aromatic N) is 3. The number of carbonyl (C=O) groups excluding carboxylic acids is 1. The van der Waals surface area contributed by atoms with Gasteiger partial charge in [0.25, 0.3) is 5.91 Å². The van der Waals surface area contributed by atoms with Crippen molar-refractivity contribution in [2.75, 3.05) is 0 Å². The number of aromatic nitrogens is 2. The van der Waals surface area contributed by atoms with Crippen LogP contribution in [0.15, 0.2) is 59.1 Å². The summed E-state index contributed by atoms with van der Waals surface area (Å²) in [4.78, 5) is 19.1. The third kappa shape index (κ3) is 4.57. The van der Waals surface area contributed by atoms with E-state index in [0.717, 1.165) is 11.1 Å². The molecule has 0 bridgehead atoms. The Labute approximate surface area is 165 Å². The molecule has 28 heavy (non-hydrogen) atoms. The maximum atomic E-state index is 13.0. The van der Waals surface area contributed by atoms with Crippen LogP contribution in [0.25, 0.3) is 11.4 Å². The second-order valence-electron chi connectivity index (χ2n) is 6.96. The van der Waals surface area contributed by atoms with Gasteiger partial charge in [0, 0.05) is 11.6 Å². The average molecular weight is 379 g/mol. The minimum absolute atomic E-state index is 0.0394. The molecule has 0 fully saturated rings. The molecule has 3 rings (SSSR count). The molecular formula is C22H25N3O3. The van der Waals surface area contributed by atoms with Crippen molar-refractivity contribution < 1.29 is 14.1 Å². The van der Waals surface area contributed by atoms with Crippen LogP contribution in [0, 0.1) is 6.92 Å². The van der Waals surface area contributed by atoms with Gasteiger partial charge in [0.1, 0.15) is 12.3 Å². The predicted octanol–water partition coefficient (Wildman–Crippen LogP) is 4.25. The highest BCUT2D eigenvalue weighted by Crippen LogP contribution is 2.20. The van der Waals surface area contributed by atoms with Crippen LogP contribution in [0.1, 0.15) is 32.2 Å². The molecule has 146 valence electrons. The Kier molecular flexibility index (Phi) is 6.09. The molecular weight excluding hydrogens is 354 g/mol. The van der Waals surface area contributed by atoms with Gasteiger partial charge in [-0.25, -0.2) is 0 Å². The lowest BCUT2D eigenvalue weighted by molar-refractivity contribution is -0.140. The lowest BCUT2D eigenvalue weighted by Crippen LogP contribution is -2.44. The lowest BCUT2D eigenvalue weighted by Gasteiger charge is -2.28. The topological polar surface area (TPSA) is 68.5 Å². The minimum atomic E-state index is -0.625. The first-order valence-electron chi connectivity index (χ1n) is 9.36. The van der Waals surface area contributed by atoms with E-state index in [9.17, 15) is 4.79 Å². The zero-order valence-corrected chi connectivity index (χ0v) is 16.6. The van der Waals surface area contributed by atoms with Gasteiger partial charge in [-0.15, -0.1) is 0 Å². The van der Waals surface area contributed by atoms with Crippen LogP contribution in [0.4, 0.5) is 0 Å². The Balaban J connectivity index is 1.72. The number of amides is 1. The normalized spacial score (nSPS) is 12.0. The van der Waals surface area contributed by atoms with E-state index in [2.05, 4.69) is 10.1 Å². The second-order valence-corrected chi connectivity index (χ2v) is 6.96. The smallest absolute Gasteiger partial charge is 0.264 e. The summed E-state index contributed by atoms with van der Waals surface area (Å²) >= 11 is 0. The van der Waals surface area contributed by atoms with E-state index in [1.807, 2.05) is 75.4 Å². The molecule has 0 aliphatic rings. The highest BCUT2D eigenvalue weighted by molar-refractivity contribution is 5.81. The van der Waals surface area contributed by atoms with Gasteiger partial charge in [0.2, 0.25) is 11.7 Å². The van der Waals surface area contributed by atoms with E-state index < -0.39 is 6.10 Å². The third-order valence-electron chi connectivity index (χ3n) is 4.46. The number of rotatable bonds is 7. The summed E-state index contributed by atoms with van der Waals surface area (Å²) in [6.07, 6.45) is -0.625. The van der Waals surface area contributed by atoms with Gasteiger partial charge in [-0.2, -0.15) is 4.98 Å². The van der Waals surface area contributed by atoms with E-state index in [1.165, 1.54) is 0 Å². The Morgan fingerprint density at radius 2 is 1.75 bits per heavy atom. The number of hydrogen-bond donors (Lipinski definition) is 0. The Morgan fingerprint density at radius 1 is 1.07 bits per heavy atom. The van der Waals surface area contributed by atoms with E-state index in [4.69, 9.17) is 9.26 Å². The average Bonchev–Trinajstić information content (AvgIpc) is 3.16. The SMILES string of the molecule is Cc1ccccc1O[C@H](C)C(=O)N(Cc1nc(-c2ccccc2)no1)C(C)C.